The van der Waals surface area contributed by atoms with E-state index in [1.807, 2.05) is 36.9 Å². The van der Waals surface area contributed by atoms with Crippen LogP contribution >= 0.6 is 0 Å². The Morgan fingerprint density at radius 3 is 1.36 bits per heavy atom. The number of aromatic nitrogens is 4. The van der Waals surface area contributed by atoms with Gasteiger partial charge in [0, 0.05) is 38.0 Å². The lowest BCUT2D eigenvalue weighted by Crippen LogP contribution is -2.01. The van der Waals surface area contributed by atoms with Crippen LogP contribution in [0.25, 0.3) is 22.8 Å². The second-order valence-corrected chi connectivity index (χ2v) is 8.36. The minimum absolute atomic E-state index is 0.759. The van der Waals surface area contributed by atoms with Crippen LogP contribution in [-0.4, -0.2) is 33.1 Å². The molecule has 0 amide bonds. The third-order valence-electron chi connectivity index (χ3n) is 5.51. The van der Waals surface area contributed by atoms with Crippen molar-refractivity contribution in [1.29, 1.82) is 0 Å². The monoisotopic (exact) mass is 438 g/mol. The number of hydrogen-bond acceptors (Lipinski definition) is 5. The highest BCUT2D eigenvalue weighted by Crippen LogP contribution is 2.18. The number of rotatable bonds is 10. The lowest BCUT2D eigenvalue weighted by molar-refractivity contribution is 0.130. The van der Waals surface area contributed by atoms with Crippen LogP contribution in [0.1, 0.15) is 35.1 Å². The molecule has 4 heterocycles. The molecule has 0 atom stereocenters. The molecular weight excluding hydrogens is 408 g/mol. The fourth-order valence-corrected chi connectivity index (χ4v) is 3.75. The second-order valence-electron chi connectivity index (χ2n) is 8.36. The van der Waals surface area contributed by atoms with E-state index in [2.05, 4.69) is 70.2 Å². The van der Waals surface area contributed by atoms with E-state index in [-0.39, 0.29) is 0 Å². The largest absolute Gasteiger partial charge is 0.381 e. The van der Waals surface area contributed by atoms with Gasteiger partial charge in [-0.2, -0.15) is 0 Å². The molecule has 5 nitrogen and oxygen atoms in total. The average molecular weight is 439 g/mol. The molecule has 0 saturated heterocycles. The van der Waals surface area contributed by atoms with E-state index in [9.17, 15) is 0 Å². The standard InChI is InChI=1S/C28H30N4O/c1-21-7-11-29-25(17-21)27-19-23(9-13-31-27)5-3-15-33-16-4-6-24-10-14-32-28(20-24)26-18-22(2)8-12-30-26/h7-14,17-20H,3-6,15-16H2,1-2H3. The molecule has 0 bridgehead atoms. The quantitative estimate of drug-likeness (QED) is 0.293. The molecule has 4 rings (SSSR count). The van der Waals surface area contributed by atoms with Crippen molar-refractivity contribution in [3.63, 3.8) is 0 Å². The van der Waals surface area contributed by atoms with Gasteiger partial charge in [-0.05, 0) is 110 Å². The molecule has 4 aromatic heterocycles. The van der Waals surface area contributed by atoms with E-state index in [0.717, 1.165) is 61.7 Å². The van der Waals surface area contributed by atoms with Gasteiger partial charge >= 0.3 is 0 Å². The summed E-state index contributed by atoms with van der Waals surface area (Å²) in [7, 11) is 0. The van der Waals surface area contributed by atoms with Gasteiger partial charge in [-0.15, -0.1) is 0 Å². The van der Waals surface area contributed by atoms with Crippen molar-refractivity contribution in [2.75, 3.05) is 13.2 Å². The Labute approximate surface area is 196 Å². The summed E-state index contributed by atoms with van der Waals surface area (Å²) >= 11 is 0. The Morgan fingerprint density at radius 2 is 0.939 bits per heavy atom. The van der Waals surface area contributed by atoms with Gasteiger partial charge in [0.25, 0.3) is 0 Å². The van der Waals surface area contributed by atoms with Crippen molar-refractivity contribution < 1.29 is 4.74 Å². The van der Waals surface area contributed by atoms with Gasteiger partial charge in [-0.1, -0.05) is 0 Å². The number of nitrogens with zero attached hydrogens (tertiary/aromatic N) is 4. The van der Waals surface area contributed by atoms with Crippen molar-refractivity contribution in [2.24, 2.45) is 0 Å². The zero-order valence-corrected chi connectivity index (χ0v) is 19.4. The van der Waals surface area contributed by atoms with E-state index in [1.54, 1.807) is 0 Å². The van der Waals surface area contributed by atoms with E-state index in [0.29, 0.717) is 0 Å². The predicted molar refractivity (Wildman–Crippen MR) is 132 cm³/mol. The van der Waals surface area contributed by atoms with Gasteiger partial charge < -0.3 is 4.74 Å². The smallest absolute Gasteiger partial charge is 0.0888 e. The van der Waals surface area contributed by atoms with Crippen LogP contribution in [0.2, 0.25) is 0 Å². The Bertz CT molecular complexity index is 1100. The SMILES string of the molecule is Cc1ccnc(-c2cc(CCCOCCCc3ccnc(-c4cc(C)ccn4)c3)ccn2)c1. The van der Waals surface area contributed by atoms with Crippen molar-refractivity contribution in [2.45, 2.75) is 39.5 Å². The maximum Gasteiger partial charge on any atom is 0.0888 e. The first-order chi connectivity index (χ1) is 16.2. The summed E-state index contributed by atoms with van der Waals surface area (Å²) in [5.41, 5.74) is 8.60. The Morgan fingerprint density at radius 1 is 0.545 bits per heavy atom. The second kappa shape index (κ2) is 11.4. The van der Waals surface area contributed by atoms with Gasteiger partial charge in [0.15, 0.2) is 0 Å². The van der Waals surface area contributed by atoms with Gasteiger partial charge in [0.05, 0.1) is 22.8 Å². The molecule has 0 spiro atoms. The minimum Gasteiger partial charge on any atom is -0.381 e. The summed E-state index contributed by atoms with van der Waals surface area (Å²) in [6.45, 7) is 5.66. The maximum atomic E-state index is 5.88. The van der Waals surface area contributed by atoms with Gasteiger partial charge in [0.2, 0.25) is 0 Å². The van der Waals surface area contributed by atoms with Crippen LogP contribution in [0.15, 0.2) is 73.3 Å². The normalized spacial score (nSPS) is 11.0. The Hall–Kier alpha value is -3.44. The third kappa shape index (κ3) is 6.77. The van der Waals surface area contributed by atoms with E-state index in [4.69, 9.17) is 4.74 Å². The fraction of sp³-hybridized carbons (Fsp3) is 0.286. The number of ether oxygens (including phenoxy) is 1. The zero-order chi connectivity index (χ0) is 22.9. The number of aryl methyl sites for hydroxylation is 4. The third-order valence-corrected chi connectivity index (χ3v) is 5.51. The summed E-state index contributed by atoms with van der Waals surface area (Å²) in [6, 6.07) is 16.5. The first kappa shape index (κ1) is 22.7. The molecule has 168 valence electrons. The molecule has 4 aromatic rings. The highest BCUT2D eigenvalue weighted by Gasteiger charge is 2.04. The molecule has 0 saturated carbocycles. The molecule has 0 radical (unpaired) electrons. The zero-order valence-electron chi connectivity index (χ0n) is 19.4. The molecule has 0 fully saturated rings. The molecule has 0 unspecified atom stereocenters. The summed E-state index contributed by atoms with van der Waals surface area (Å²) in [5, 5.41) is 0. The maximum absolute atomic E-state index is 5.88. The van der Waals surface area contributed by atoms with Crippen molar-refractivity contribution in [3.8, 4) is 22.8 Å². The molecule has 33 heavy (non-hydrogen) atoms. The van der Waals surface area contributed by atoms with Crippen LogP contribution in [0.5, 0.6) is 0 Å². The number of pyridine rings is 4. The van der Waals surface area contributed by atoms with Gasteiger partial charge in [-0.3, -0.25) is 19.9 Å². The lowest BCUT2D eigenvalue weighted by Gasteiger charge is -2.07. The van der Waals surface area contributed by atoms with E-state index in [1.165, 1.54) is 22.3 Å². The Balaban J connectivity index is 1.18. The molecule has 5 heteroatoms. The van der Waals surface area contributed by atoms with Crippen molar-refractivity contribution in [3.05, 3.63) is 95.6 Å². The summed E-state index contributed by atoms with van der Waals surface area (Å²) in [5.74, 6) is 0. The van der Waals surface area contributed by atoms with Crippen LogP contribution in [0.4, 0.5) is 0 Å². The average Bonchev–Trinajstić information content (AvgIpc) is 2.84. The van der Waals surface area contributed by atoms with Crippen molar-refractivity contribution in [1.82, 2.24) is 19.9 Å². The van der Waals surface area contributed by atoms with E-state index >= 15 is 0 Å². The van der Waals surface area contributed by atoms with Gasteiger partial charge in [-0.25, -0.2) is 0 Å². The topological polar surface area (TPSA) is 60.8 Å². The molecule has 0 aliphatic heterocycles. The molecular formula is C28H30N4O. The van der Waals surface area contributed by atoms with Crippen LogP contribution in [0, 0.1) is 13.8 Å². The fourth-order valence-electron chi connectivity index (χ4n) is 3.75. The van der Waals surface area contributed by atoms with E-state index < -0.39 is 0 Å². The molecule has 0 aliphatic rings. The summed E-state index contributed by atoms with van der Waals surface area (Å²) in [4.78, 5) is 17.8. The van der Waals surface area contributed by atoms with Gasteiger partial charge in [0.1, 0.15) is 0 Å². The summed E-state index contributed by atoms with van der Waals surface area (Å²) in [6.07, 6.45) is 11.3. The molecule has 0 aliphatic carbocycles. The highest BCUT2D eigenvalue weighted by atomic mass is 16.5. The van der Waals surface area contributed by atoms with Crippen LogP contribution in [0.3, 0.4) is 0 Å². The molecule has 0 N–H and O–H groups in total. The lowest BCUT2D eigenvalue weighted by atomic mass is 10.1. The minimum atomic E-state index is 0.759. The highest BCUT2D eigenvalue weighted by molar-refractivity contribution is 5.56. The summed E-state index contributed by atoms with van der Waals surface area (Å²) < 4.78 is 5.88. The molecule has 0 aromatic carbocycles. The predicted octanol–water partition coefficient (Wildman–Crippen LogP) is 5.80. The number of hydrogen-bond donors (Lipinski definition) is 0. The van der Waals surface area contributed by atoms with Crippen LogP contribution < -0.4 is 0 Å². The van der Waals surface area contributed by atoms with Crippen LogP contribution in [-0.2, 0) is 17.6 Å². The first-order valence-corrected chi connectivity index (χ1v) is 11.5. The Kier molecular flexibility index (Phi) is 7.88. The first-order valence-electron chi connectivity index (χ1n) is 11.5. The van der Waals surface area contributed by atoms with Crippen molar-refractivity contribution >= 4 is 0 Å².